The third-order valence-corrected chi connectivity index (χ3v) is 5.88. The largest absolute Gasteiger partial charge is 0.349 e. The van der Waals surface area contributed by atoms with Crippen LogP contribution in [0.1, 0.15) is 50.2 Å². The summed E-state index contributed by atoms with van der Waals surface area (Å²) in [4.78, 5) is 20.9. The molecule has 2 heterocycles. The number of nitrogens with one attached hydrogen (secondary N) is 1. The molecule has 1 N–H and O–H groups in total. The number of thiazole rings is 1. The number of fused-ring (bicyclic) bond motifs is 1. The van der Waals surface area contributed by atoms with Crippen LogP contribution in [0.2, 0.25) is 0 Å². The molecule has 6 heteroatoms. The number of carbonyl (C=O) groups is 1. The number of hydrogen-bond donors (Lipinski definition) is 1. The topological polar surface area (TPSA) is 45.2 Å². The van der Waals surface area contributed by atoms with Crippen LogP contribution in [-0.4, -0.2) is 30.0 Å². The fourth-order valence-electron chi connectivity index (χ4n) is 2.21. The third kappa shape index (κ3) is 3.55. The number of amides is 1. The molecule has 0 saturated heterocycles. The molecule has 0 spiro atoms. The molecule has 4 nitrogen and oxygen atoms in total. The SMILES string of the molecule is CCC(CC)NC(=O)c1cc2sc(N(CC)CC)nc2s1. The Labute approximate surface area is 134 Å². The molecule has 0 saturated carbocycles. The fourth-order valence-corrected chi connectivity index (χ4v) is 4.46. The zero-order valence-corrected chi connectivity index (χ0v) is 14.7. The van der Waals surface area contributed by atoms with E-state index in [1.807, 2.05) is 6.07 Å². The molecule has 0 bridgehead atoms. The number of nitrogens with zero attached hydrogens (tertiary/aromatic N) is 2. The van der Waals surface area contributed by atoms with E-state index in [2.05, 4.69) is 42.9 Å². The summed E-state index contributed by atoms with van der Waals surface area (Å²) < 4.78 is 1.11. The van der Waals surface area contributed by atoms with Gasteiger partial charge in [-0.05, 0) is 32.8 Å². The monoisotopic (exact) mass is 325 g/mol. The van der Waals surface area contributed by atoms with Crippen molar-refractivity contribution in [2.24, 2.45) is 0 Å². The van der Waals surface area contributed by atoms with Gasteiger partial charge in [-0.15, -0.1) is 11.3 Å². The van der Waals surface area contributed by atoms with Crippen LogP contribution in [0.15, 0.2) is 6.07 Å². The molecule has 21 heavy (non-hydrogen) atoms. The summed E-state index contributed by atoms with van der Waals surface area (Å²) in [7, 11) is 0. The van der Waals surface area contributed by atoms with Crippen LogP contribution in [0.25, 0.3) is 9.53 Å². The van der Waals surface area contributed by atoms with Gasteiger partial charge in [-0.1, -0.05) is 25.2 Å². The summed E-state index contributed by atoms with van der Waals surface area (Å²) >= 11 is 3.16. The highest BCUT2D eigenvalue weighted by molar-refractivity contribution is 7.29. The molecule has 0 fully saturated rings. The lowest BCUT2D eigenvalue weighted by molar-refractivity contribution is 0.0939. The maximum Gasteiger partial charge on any atom is 0.261 e. The van der Waals surface area contributed by atoms with Crippen molar-refractivity contribution in [3.05, 3.63) is 10.9 Å². The van der Waals surface area contributed by atoms with E-state index in [9.17, 15) is 4.79 Å². The van der Waals surface area contributed by atoms with Gasteiger partial charge in [0.2, 0.25) is 0 Å². The first-order chi connectivity index (χ1) is 10.1. The van der Waals surface area contributed by atoms with Gasteiger partial charge in [-0.25, -0.2) is 4.98 Å². The second-order valence-electron chi connectivity index (χ2n) is 4.94. The minimum atomic E-state index is 0.0308. The number of aromatic nitrogens is 1. The summed E-state index contributed by atoms with van der Waals surface area (Å²) in [5.74, 6) is 0.0308. The number of anilines is 1. The minimum Gasteiger partial charge on any atom is -0.349 e. The van der Waals surface area contributed by atoms with E-state index in [4.69, 9.17) is 0 Å². The molecule has 0 aliphatic heterocycles. The van der Waals surface area contributed by atoms with E-state index < -0.39 is 0 Å². The average molecular weight is 326 g/mol. The highest BCUT2D eigenvalue weighted by atomic mass is 32.1. The van der Waals surface area contributed by atoms with Crippen LogP contribution in [0.5, 0.6) is 0 Å². The maximum atomic E-state index is 12.2. The van der Waals surface area contributed by atoms with Gasteiger partial charge in [0.15, 0.2) is 5.13 Å². The Morgan fingerprint density at radius 1 is 1.24 bits per heavy atom. The van der Waals surface area contributed by atoms with Gasteiger partial charge in [0, 0.05) is 19.1 Å². The quantitative estimate of drug-likeness (QED) is 0.833. The average Bonchev–Trinajstić information content (AvgIpc) is 3.04. The first-order valence-corrected chi connectivity index (χ1v) is 9.22. The molecule has 0 aromatic carbocycles. The van der Waals surface area contributed by atoms with Gasteiger partial charge in [-0.3, -0.25) is 4.79 Å². The molecule has 1 amide bonds. The highest BCUT2D eigenvalue weighted by Crippen LogP contribution is 2.34. The molecule has 2 rings (SSSR count). The van der Waals surface area contributed by atoms with E-state index in [0.717, 1.165) is 45.5 Å². The number of rotatable bonds is 7. The van der Waals surface area contributed by atoms with Gasteiger partial charge < -0.3 is 10.2 Å². The second kappa shape index (κ2) is 7.22. The minimum absolute atomic E-state index is 0.0308. The van der Waals surface area contributed by atoms with Crippen LogP contribution < -0.4 is 10.2 Å². The molecule has 2 aromatic heterocycles. The standard InChI is InChI=1S/C15H23N3OS2/c1-5-10(6-2)16-13(19)11-9-12-14(20-11)17-15(21-12)18(7-3)8-4/h9-10H,5-8H2,1-4H3,(H,16,19). The van der Waals surface area contributed by atoms with Crippen molar-refractivity contribution in [1.29, 1.82) is 0 Å². The van der Waals surface area contributed by atoms with Crippen molar-refractivity contribution in [2.45, 2.75) is 46.6 Å². The summed E-state index contributed by atoms with van der Waals surface area (Å²) in [5.41, 5.74) is 0. The summed E-state index contributed by atoms with van der Waals surface area (Å²) in [6.45, 7) is 10.4. The van der Waals surface area contributed by atoms with Gasteiger partial charge >= 0.3 is 0 Å². The Morgan fingerprint density at radius 2 is 1.90 bits per heavy atom. The molecule has 0 aliphatic rings. The van der Waals surface area contributed by atoms with E-state index in [1.165, 1.54) is 11.3 Å². The number of carbonyl (C=O) groups excluding carboxylic acids is 1. The molecule has 2 aromatic rings. The Morgan fingerprint density at radius 3 is 2.43 bits per heavy atom. The van der Waals surface area contributed by atoms with Crippen molar-refractivity contribution in [2.75, 3.05) is 18.0 Å². The molecular weight excluding hydrogens is 302 g/mol. The van der Waals surface area contributed by atoms with Crippen molar-refractivity contribution in [1.82, 2.24) is 10.3 Å². The van der Waals surface area contributed by atoms with Crippen LogP contribution in [0.4, 0.5) is 5.13 Å². The first-order valence-electron chi connectivity index (χ1n) is 7.58. The van der Waals surface area contributed by atoms with Gasteiger partial charge in [0.05, 0.1) is 9.58 Å². The van der Waals surface area contributed by atoms with E-state index in [0.29, 0.717) is 0 Å². The zero-order valence-electron chi connectivity index (χ0n) is 13.1. The second-order valence-corrected chi connectivity index (χ2v) is 6.98. The predicted octanol–water partition coefficient (Wildman–Crippen LogP) is 4.12. The Bertz CT molecular complexity index is 566. The summed E-state index contributed by atoms with van der Waals surface area (Å²) in [6, 6.07) is 2.24. The molecule has 0 atom stereocenters. The molecule has 0 unspecified atom stereocenters. The Hall–Kier alpha value is -1.14. The predicted molar refractivity (Wildman–Crippen MR) is 92.9 cm³/mol. The lowest BCUT2D eigenvalue weighted by Crippen LogP contribution is -2.33. The lowest BCUT2D eigenvalue weighted by Gasteiger charge is -2.16. The highest BCUT2D eigenvalue weighted by Gasteiger charge is 2.17. The van der Waals surface area contributed by atoms with Crippen LogP contribution in [0.3, 0.4) is 0 Å². The van der Waals surface area contributed by atoms with Crippen molar-refractivity contribution >= 4 is 43.2 Å². The Kier molecular flexibility index (Phi) is 5.58. The zero-order chi connectivity index (χ0) is 15.4. The van der Waals surface area contributed by atoms with Crippen molar-refractivity contribution < 1.29 is 4.79 Å². The first kappa shape index (κ1) is 16.2. The van der Waals surface area contributed by atoms with Crippen LogP contribution in [-0.2, 0) is 0 Å². The molecule has 0 radical (unpaired) electrons. The van der Waals surface area contributed by atoms with Gasteiger partial charge in [-0.2, -0.15) is 0 Å². The summed E-state index contributed by atoms with van der Waals surface area (Å²) in [5, 5.41) is 4.13. The normalized spacial score (nSPS) is 11.3. The molecule has 0 aliphatic carbocycles. The van der Waals surface area contributed by atoms with Crippen molar-refractivity contribution in [3.63, 3.8) is 0 Å². The van der Waals surface area contributed by atoms with E-state index >= 15 is 0 Å². The maximum absolute atomic E-state index is 12.2. The van der Waals surface area contributed by atoms with Crippen LogP contribution >= 0.6 is 22.7 Å². The molecular formula is C15H23N3OS2. The molecule has 116 valence electrons. The van der Waals surface area contributed by atoms with Gasteiger partial charge in [0.25, 0.3) is 5.91 Å². The fraction of sp³-hybridized carbons (Fsp3) is 0.600. The Balaban J connectivity index is 2.16. The van der Waals surface area contributed by atoms with E-state index in [-0.39, 0.29) is 11.9 Å². The number of thiophene rings is 1. The van der Waals surface area contributed by atoms with Crippen molar-refractivity contribution in [3.8, 4) is 0 Å². The van der Waals surface area contributed by atoms with Gasteiger partial charge in [0.1, 0.15) is 4.83 Å². The van der Waals surface area contributed by atoms with Crippen LogP contribution in [0, 0.1) is 0 Å². The summed E-state index contributed by atoms with van der Waals surface area (Å²) in [6.07, 6.45) is 1.93. The van der Waals surface area contributed by atoms with E-state index in [1.54, 1.807) is 11.3 Å². The number of hydrogen-bond acceptors (Lipinski definition) is 5. The smallest absolute Gasteiger partial charge is 0.261 e. The third-order valence-electron chi connectivity index (χ3n) is 3.66. The lowest BCUT2D eigenvalue weighted by atomic mass is 10.2.